The third-order valence-electron chi connectivity index (χ3n) is 4.54. The molecule has 3 rings (SSSR count). The van der Waals surface area contributed by atoms with Crippen molar-refractivity contribution < 1.29 is 18.3 Å². The van der Waals surface area contributed by atoms with Gasteiger partial charge < -0.3 is 15.4 Å². The van der Waals surface area contributed by atoms with Gasteiger partial charge in [0, 0.05) is 31.3 Å². The SMILES string of the molecule is CNC(=O)c1ccc(C)c(-n2c(NC)nc(OCc3ccc(F)cc3F)c(Br)c2=O)c1. The molecular weight excluding hydrogens is 474 g/mol. The van der Waals surface area contributed by atoms with Crippen LogP contribution in [0, 0.1) is 18.6 Å². The summed E-state index contributed by atoms with van der Waals surface area (Å²) in [5, 5.41) is 5.38. The topological polar surface area (TPSA) is 85.2 Å². The molecule has 162 valence electrons. The van der Waals surface area contributed by atoms with E-state index in [1.807, 2.05) is 0 Å². The number of anilines is 1. The Labute approximate surface area is 185 Å². The largest absolute Gasteiger partial charge is 0.472 e. The van der Waals surface area contributed by atoms with Crippen LogP contribution in [0.15, 0.2) is 45.7 Å². The molecule has 0 bridgehead atoms. The fourth-order valence-electron chi connectivity index (χ4n) is 2.89. The second kappa shape index (κ2) is 9.25. The number of amides is 1. The first kappa shape index (κ1) is 22.4. The standard InChI is InChI=1S/C21H19BrF2N4O3/c1-11-4-5-12(18(29)25-2)8-16(11)28-20(30)17(22)19(27-21(28)26-3)31-10-13-6-7-14(23)9-15(13)24/h4-9H,10H2,1-3H3,(H,25,29)(H,26,27). The van der Waals surface area contributed by atoms with Crippen molar-refractivity contribution in [1.29, 1.82) is 0 Å². The summed E-state index contributed by atoms with van der Waals surface area (Å²) >= 11 is 3.20. The van der Waals surface area contributed by atoms with Crippen LogP contribution in [0.1, 0.15) is 21.5 Å². The van der Waals surface area contributed by atoms with E-state index in [0.29, 0.717) is 11.3 Å². The average molecular weight is 493 g/mol. The molecule has 3 aromatic rings. The van der Waals surface area contributed by atoms with Crippen LogP contribution in [0.5, 0.6) is 5.88 Å². The van der Waals surface area contributed by atoms with E-state index < -0.39 is 17.2 Å². The van der Waals surface area contributed by atoms with Gasteiger partial charge in [0.1, 0.15) is 22.7 Å². The molecule has 0 unspecified atom stereocenters. The Balaban J connectivity index is 2.04. The van der Waals surface area contributed by atoms with Crippen molar-refractivity contribution >= 4 is 27.8 Å². The Hall–Kier alpha value is -3.27. The first-order valence-electron chi connectivity index (χ1n) is 9.17. The molecule has 2 N–H and O–H groups in total. The Morgan fingerprint density at radius 3 is 2.58 bits per heavy atom. The maximum absolute atomic E-state index is 13.9. The number of aromatic nitrogens is 2. The number of hydrogen-bond acceptors (Lipinski definition) is 5. The van der Waals surface area contributed by atoms with Gasteiger partial charge in [0.05, 0.1) is 5.69 Å². The maximum atomic E-state index is 13.9. The van der Waals surface area contributed by atoms with Crippen LogP contribution in [0.4, 0.5) is 14.7 Å². The molecule has 31 heavy (non-hydrogen) atoms. The van der Waals surface area contributed by atoms with E-state index in [0.717, 1.165) is 17.7 Å². The molecule has 1 heterocycles. The smallest absolute Gasteiger partial charge is 0.277 e. The van der Waals surface area contributed by atoms with Crippen LogP contribution in [0.25, 0.3) is 5.69 Å². The van der Waals surface area contributed by atoms with Gasteiger partial charge in [-0.1, -0.05) is 6.07 Å². The Kier molecular flexibility index (Phi) is 6.69. The lowest BCUT2D eigenvalue weighted by Gasteiger charge is -2.17. The van der Waals surface area contributed by atoms with E-state index in [1.165, 1.54) is 17.7 Å². The molecule has 0 aliphatic carbocycles. The van der Waals surface area contributed by atoms with Crippen molar-refractivity contribution in [3.63, 3.8) is 0 Å². The van der Waals surface area contributed by atoms with E-state index in [2.05, 4.69) is 31.5 Å². The molecule has 1 aromatic heterocycles. The second-order valence-corrected chi connectivity index (χ2v) is 7.34. The van der Waals surface area contributed by atoms with E-state index in [1.54, 1.807) is 32.2 Å². The highest BCUT2D eigenvalue weighted by Gasteiger charge is 2.19. The summed E-state index contributed by atoms with van der Waals surface area (Å²) in [5.41, 5.74) is 1.19. The fourth-order valence-corrected chi connectivity index (χ4v) is 3.27. The normalized spacial score (nSPS) is 10.6. The molecule has 0 saturated carbocycles. The average Bonchev–Trinajstić information content (AvgIpc) is 2.75. The molecular formula is C21H19BrF2N4O3. The number of halogens is 3. The molecule has 7 nitrogen and oxygen atoms in total. The molecule has 0 aliphatic heterocycles. The first-order chi connectivity index (χ1) is 14.8. The number of hydrogen-bond donors (Lipinski definition) is 2. The molecule has 0 saturated heterocycles. The number of aryl methyl sites for hydroxylation is 1. The number of carbonyl (C=O) groups is 1. The van der Waals surface area contributed by atoms with Crippen molar-refractivity contribution in [3.05, 3.63) is 79.5 Å². The summed E-state index contributed by atoms with van der Waals surface area (Å²) in [6.07, 6.45) is 0. The highest BCUT2D eigenvalue weighted by atomic mass is 79.9. The van der Waals surface area contributed by atoms with E-state index in [-0.39, 0.29) is 34.4 Å². The fraction of sp³-hybridized carbons (Fsp3) is 0.190. The molecule has 1 amide bonds. The van der Waals surface area contributed by atoms with Crippen LogP contribution in [-0.2, 0) is 6.61 Å². The van der Waals surface area contributed by atoms with E-state index in [9.17, 15) is 18.4 Å². The minimum atomic E-state index is -0.764. The predicted molar refractivity (Wildman–Crippen MR) is 116 cm³/mol. The lowest BCUT2D eigenvalue weighted by atomic mass is 10.1. The predicted octanol–water partition coefficient (Wildman–Crippen LogP) is 3.56. The molecule has 2 aromatic carbocycles. The Morgan fingerprint density at radius 1 is 1.19 bits per heavy atom. The highest BCUT2D eigenvalue weighted by molar-refractivity contribution is 9.10. The zero-order valence-electron chi connectivity index (χ0n) is 16.9. The summed E-state index contributed by atoms with van der Waals surface area (Å²) in [6, 6.07) is 8.08. The van der Waals surface area contributed by atoms with E-state index in [4.69, 9.17) is 4.74 Å². The quantitative estimate of drug-likeness (QED) is 0.549. The van der Waals surface area contributed by atoms with Crippen LogP contribution in [-0.4, -0.2) is 29.6 Å². The van der Waals surface area contributed by atoms with Gasteiger partial charge in [-0.2, -0.15) is 4.98 Å². The number of rotatable bonds is 6. The first-order valence-corrected chi connectivity index (χ1v) is 9.96. The monoisotopic (exact) mass is 492 g/mol. The highest BCUT2D eigenvalue weighted by Crippen LogP contribution is 2.26. The van der Waals surface area contributed by atoms with Gasteiger partial charge in [-0.15, -0.1) is 0 Å². The third-order valence-corrected chi connectivity index (χ3v) is 5.22. The Bertz CT molecular complexity index is 1210. The van der Waals surface area contributed by atoms with Gasteiger partial charge in [0.25, 0.3) is 11.5 Å². The molecule has 0 fully saturated rings. The van der Waals surface area contributed by atoms with E-state index >= 15 is 0 Å². The van der Waals surface area contributed by atoms with Gasteiger partial charge in [0.2, 0.25) is 11.8 Å². The van der Waals surface area contributed by atoms with Crippen LogP contribution >= 0.6 is 15.9 Å². The number of nitrogens with one attached hydrogen (secondary N) is 2. The lowest BCUT2D eigenvalue weighted by molar-refractivity contribution is 0.0963. The minimum Gasteiger partial charge on any atom is -0.472 e. The number of ether oxygens (including phenoxy) is 1. The zero-order chi connectivity index (χ0) is 22.7. The van der Waals surface area contributed by atoms with Gasteiger partial charge in [-0.3, -0.25) is 9.59 Å². The summed E-state index contributed by atoms with van der Waals surface area (Å²) < 4.78 is 33.8. The number of benzene rings is 2. The van der Waals surface area contributed by atoms with Crippen molar-refractivity contribution in [2.24, 2.45) is 0 Å². The number of carbonyl (C=O) groups excluding carboxylic acids is 1. The van der Waals surface area contributed by atoms with Crippen molar-refractivity contribution in [2.75, 3.05) is 19.4 Å². The Morgan fingerprint density at radius 2 is 1.94 bits per heavy atom. The van der Waals surface area contributed by atoms with Crippen LogP contribution in [0.3, 0.4) is 0 Å². The summed E-state index contributed by atoms with van der Waals surface area (Å²) in [4.78, 5) is 29.5. The summed E-state index contributed by atoms with van der Waals surface area (Å²) in [6.45, 7) is 1.54. The maximum Gasteiger partial charge on any atom is 0.277 e. The molecule has 0 radical (unpaired) electrons. The molecule has 10 heteroatoms. The zero-order valence-corrected chi connectivity index (χ0v) is 18.5. The minimum absolute atomic E-state index is 0.0127. The van der Waals surface area contributed by atoms with Gasteiger partial charge in [0.15, 0.2) is 0 Å². The van der Waals surface area contributed by atoms with Crippen molar-refractivity contribution in [1.82, 2.24) is 14.9 Å². The van der Waals surface area contributed by atoms with Gasteiger partial charge in [-0.05, 0) is 52.7 Å². The van der Waals surface area contributed by atoms with Crippen molar-refractivity contribution in [3.8, 4) is 11.6 Å². The number of nitrogens with zero attached hydrogens (tertiary/aromatic N) is 2. The van der Waals surface area contributed by atoms with Gasteiger partial charge >= 0.3 is 0 Å². The third kappa shape index (κ3) is 4.58. The molecule has 0 atom stereocenters. The lowest BCUT2D eigenvalue weighted by Crippen LogP contribution is -2.26. The molecule has 0 aliphatic rings. The van der Waals surface area contributed by atoms with Gasteiger partial charge in [-0.25, -0.2) is 13.3 Å². The molecule has 0 spiro atoms. The second-order valence-electron chi connectivity index (χ2n) is 6.55. The van der Waals surface area contributed by atoms with Crippen LogP contribution < -0.4 is 20.9 Å². The summed E-state index contributed by atoms with van der Waals surface area (Å²) in [7, 11) is 3.09. The van der Waals surface area contributed by atoms with Crippen molar-refractivity contribution in [2.45, 2.75) is 13.5 Å². The summed E-state index contributed by atoms with van der Waals surface area (Å²) in [5.74, 6) is -1.67. The van der Waals surface area contributed by atoms with Crippen LogP contribution in [0.2, 0.25) is 0 Å².